The van der Waals surface area contributed by atoms with E-state index in [1.54, 1.807) is 0 Å². The molecule has 102 valence electrons. The molecule has 0 spiro atoms. The van der Waals surface area contributed by atoms with Crippen LogP contribution in [-0.4, -0.2) is 49.8 Å². The van der Waals surface area contributed by atoms with Crippen LogP contribution in [0.3, 0.4) is 0 Å². The Kier molecular flexibility index (Phi) is 7.82. The fraction of sp³-hybridized carbons (Fsp3) is 1.00. The van der Waals surface area contributed by atoms with E-state index < -0.39 is 0 Å². The minimum atomic E-state index is 0.540. The van der Waals surface area contributed by atoms with Crippen LogP contribution in [0.4, 0.5) is 0 Å². The second-order valence-corrected chi connectivity index (χ2v) is 5.15. The lowest BCUT2D eigenvalue weighted by atomic mass is 10.0. The lowest BCUT2D eigenvalue weighted by Gasteiger charge is -2.34. The van der Waals surface area contributed by atoms with Crippen molar-refractivity contribution in [3.05, 3.63) is 0 Å². The van der Waals surface area contributed by atoms with Gasteiger partial charge in [0.1, 0.15) is 0 Å². The largest absolute Gasteiger partial charge is 0.380 e. The molecule has 17 heavy (non-hydrogen) atoms. The highest BCUT2D eigenvalue weighted by Gasteiger charge is 2.19. The molecule has 0 aromatic rings. The molecule has 1 rings (SSSR count). The van der Waals surface area contributed by atoms with Crippen molar-refractivity contribution in [2.45, 2.75) is 58.5 Å². The van der Waals surface area contributed by atoms with E-state index in [4.69, 9.17) is 4.74 Å². The molecule has 1 heterocycles. The lowest BCUT2D eigenvalue weighted by molar-refractivity contribution is 0.0664. The Morgan fingerprint density at radius 3 is 2.76 bits per heavy atom. The van der Waals surface area contributed by atoms with Gasteiger partial charge < -0.3 is 10.1 Å². The summed E-state index contributed by atoms with van der Waals surface area (Å²) < 4.78 is 5.55. The molecular weight excluding hydrogens is 212 g/mol. The SMILES string of the molecule is CCCN(CC1CCCCN1)C(C)COCC. The average molecular weight is 242 g/mol. The van der Waals surface area contributed by atoms with E-state index in [1.165, 1.54) is 45.3 Å². The normalized spacial score (nSPS) is 22.9. The minimum absolute atomic E-state index is 0.540. The first-order valence-electron chi connectivity index (χ1n) is 7.33. The first kappa shape index (κ1) is 14.9. The number of nitrogens with one attached hydrogen (secondary N) is 1. The van der Waals surface area contributed by atoms with Crippen molar-refractivity contribution in [1.82, 2.24) is 10.2 Å². The van der Waals surface area contributed by atoms with E-state index in [0.717, 1.165) is 13.2 Å². The summed E-state index contributed by atoms with van der Waals surface area (Å²) in [5.41, 5.74) is 0. The molecule has 1 fully saturated rings. The maximum absolute atomic E-state index is 5.55. The molecule has 3 heteroatoms. The number of ether oxygens (including phenoxy) is 1. The van der Waals surface area contributed by atoms with Gasteiger partial charge in [-0.1, -0.05) is 13.3 Å². The van der Waals surface area contributed by atoms with Gasteiger partial charge in [-0.25, -0.2) is 0 Å². The third kappa shape index (κ3) is 5.84. The third-order valence-corrected chi connectivity index (χ3v) is 3.56. The van der Waals surface area contributed by atoms with E-state index >= 15 is 0 Å². The summed E-state index contributed by atoms with van der Waals surface area (Å²) in [4.78, 5) is 2.58. The fourth-order valence-electron chi connectivity index (χ4n) is 2.54. The van der Waals surface area contributed by atoms with Gasteiger partial charge in [-0.3, -0.25) is 4.90 Å². The van der Waals surface area contributed by atoms with Crippen LogP contribution in [0.15, 0.2) is 0 Å². The van der Waals surface area contributed by atoms with Crippen molar-refractivity contribution in [3.8, 4) is 0 Å². The summed E-state index contributed by atoms with van der Waals surface area (Å²) in [5, 5.41) is 3.64. The zero-order valence-corrected chi connectivity index (χ0v) is 11.9. The quantitative estimate of drug-likeness (QED) is 0.706. The maximum Gasteiger partial charge on any atom is 0.0619 e. The third-order valence-electron chi connectivity index (χ3n) is 3.56. The summed E-state index contributed by atoms with van der Waals surface area (Å²) in [6.07, 6.45) is 5.29. The molecule has 1 N–H and O–H groups in total. The average Bonchev–Trinajstić information content (AvgIpc) is 2.36. The van der Waals surface area contributed by atoms with Crippen molar-refractivity contribution >= 4 is 0 Å². The van der Waals surface area contributed by atoms with E-state index in [-0.39, 0.29) is 0 Å². The highest BCUT2D eigenvalue weighted by molar-refractivity contribution is 4.78. The molecule has 0 aromatic carbocycles. The number of rotatable bonds is 8. The second kappa shape index (κ2) is 8.90. The summed E-state index contributed by atoms with van der Waals surface area (Å²) >= 11 is 0. The maximum atomic E-state index is 5.55. The van der Waals surface area contributed by atoms with Gasteiger partial charge in [-0.2, -0.15) is 0 Å². The van der Waals surface area contributed by atoms with Gasteiger partial charge in [0.05, 0.1) is 6.61 Å². The summed E-state index contributed by atoms with van der Waals surface area (Å²) in [6, 6.07) is 1.23. The van der Waals surface area contributed by atoms with Crippen molar-refractivity contribution in [2.24, 2.45) is 0 Å². The molecule has 1 saturated heterocycles. The zero-order chi connectivity index (χ0) is 12.5. The Bertz CT molecular complexity index is 181. The van der Waals surface area contributed by atoms with Gasteiger partial charge in [0.25, 0.3) is 0 Å². The summed E-state index contributed by atoms with van der Waals surface area (Å²) in [6.45, 7) is 11.9. The number of hydrogen-bond donors (Lipinski definition) is 1. The topological polar surface area (TPSA) is 24.5 Å². The molecule has 0 bridgehead atoms. The first-order chi connectivity index (χ1) is 8.27. The van der Waals surface area contributed by atoms with Crippen molar-refractivity contribution in [3.63, 3.8) is 0 Å². The predicted octanol–water partition coefficient (Wildman–Crippen LogP) is 2.27. The molecular formula is C14H30N2O. The number of nitrogens with zero attached hydrogens (tertiary/aromatic N) is 1. The van der Waals surface area contributed by atoms with Crippen LogP contribution in [0.5, 0.6) is 0 Å². The molecule has 0 amide bonds. The molecule has 0 aromatic heterocycles. The molecule has 0 radical (unpaired) electrons. The molecule has 2 atom stereocenters. The first-order valence-corrected chi connectivity index (χ1v) is 7.33. The Balaban J connectivity index is 2.34. The summed E-state index contributed by atoms with van der Waals surface area (Å²) in [7, 11) is 0. The van der Waals surface area contributed by atoms with E-state index in [0.29, 0.717) is 12.1 Å². The number of piperidine rings is 1. The zero-order valence-electron chi connectivity index (χ0n) is 11.9. The smallest absolute Gasteiger partial charge is 0.0619 e. The standard InChI is InChI=1S/C14H30N2O/c1-4-10-16(13(3)12-17-5-2)11-14-8-6-7-9-15-14/h13-15H,4-12H2,1-3H3. The van der Waals surface area contributed by atoms with Gasteiger partial charge in [0.15, 0.2) is 0 Å². The van der Waals surface area contributed by atoms with Crippen LogP contribution < -0.4 is 5.32 Å². The highest BCUT2D eigenvalue weighted by Crippen LogP contribution is 2.11. The van der Waals surface area contributed by atoms with Gasteiger partial charge >= 0.3 is 0 Å². The highest BCUT2D eigenvalue weighted by atomic mass is 16.5. The Morgan fingerprint density at radius 2 is 2.18 bits per heavy atom. The Morgan fingerprint density at radius 1 is 1.35 bits per heavy atom. The van der Waals surface area contributed by atoms with Crippen LogP contribution in [0.25, 0.3) is 0 Å². The van der Waals surface area contributed by atoms with Crippen molar-refractivity contribution in [2.75, 3.05) is 32.8 Å². The van der Waals surface area contributed by atoms with Crippen molar-refractivity contribution < 1.29 is 4.74 Å². The van der Waals surface area contributed by atoms with Gasteiger partial charge in [-0.15, -0.1) is 0 Å². The van der Waals surface area contributed by atoms with Gasteiger partial charge in [-0.05, 0) is 46.2 Å². The van der Waals surface area contributed by atoms with Gasteiger partial charge in [0, 0.05) is 25.2 Å². The fourth-order valence-corrected chi connectivity index (χ4v) is 2.54. The van der Waals surface area contributed by atoms with Crippen LogP contribution in [0.1, 0.15) is 46.5 Å². The molecule has 3 nitrogen and oxygen atoms in total. The molecule has 1 aliphatic rings. The van der Waals surface area contributed by atoms with Crippen LogP contribution in [0, 0.1) is 0 Å². The van der Waals surface area contributed by atoms with Crippen LogP contribution in [-0.2, 0) is 4.74 Å². The molecule has 0 aliphatic carbocycles. The molecule has 2 unspecified atom stereocenters. The monoisotopic (exact) mass is 242 g/mol. The van der Waals surface area contributed by atoms with E-state index in [1.807, 2.05) is 0 Å². The van der Waals surface area contributed by atoms with Crippen LogP contribution in [0.2, 0.25) is 0 Å². The van der Waals surface area contributed by atoms with E-state index in [2.05, 4.69) is 31.0 Å². The predicted molar refractivity (Wildman–Crippen MR) is 73.5 cm³/mol. The van der Waals surface area contributed by atoms with Gasteiger partial charge in [0.2, 0.25) is 0 Å². The minimum Gasteiger partial charge on any atom is -0.380 e. The van der Waals surface area contributed by atoms with Crippen LogP contribution >= 0.6 is 0 Å². The van der Waals surface area contributed by atoms with Crippen molar-refractivity contribution in [1.29, 1.82) is 0 Å². The lowest BCUT2D eigenvalue weighted by Crippen LogP contribution is -2.48. The second-order valence-electron chi connectivity index (χ2n) is 5.15. The Labute approximate surface area is 107 Å². The summed E-state index contributed by atoms with van der Waals surface area (Å²) in [5.74, 6) is 0. The molecule has 1 aliphatic heterocycles. The number of hydrogen-bond acceptors (Lipinski definition) is 3. The molecule has 0 saturated carbocycles. The van der Waals surface area contributed by atoms with E-state index in [9.17, 15) is 0 Å². The Hall–Kier alpha value is -0.120.